The molecule has 0 radical (unpaired) electrons. The van der Waals surface area contributed by atoms with E-state index in [1.165, 1.54) is 32.5 Å². The predicted octanol–water partition coefficient (Wildman–Crippen LogP) is 3.84. The number of amides is 1. The van der Waals surface area contributed by atoms with Gasteiger partial charge in [0, 0.05) is 31.1 Å². The van der Waals surface area contributed by atoms with E-state index in [4.69, 9.17) is 0 Å². The van der Waals surface area contributed by atoms with Gasteiger partial charge in [0.25, 0.3) is 15.9 Å². The van der Waals surface area contributed by atoms with E-state index < -0.39 is 10.0 Å². The van der Waals surface area contributed by atoms with Gasteiger partial charge in [0.2, 0.25) is 0 Å². The van der Waals surface area contributed by atoms with Gasteiger partial charge < -0.3 is 4.90 Å². The van der Waals surface area contributed by atoms with Crippen molar-refractivity contribution in [1.82, 2.24) is 9.21 Å². The number of carbonyl (C=O) groups excluding carboxylic acids is 1. The lowest BCUT2D eigenvalue weighted by Crippen LogP contribution is -2.50. The Balaban J connectivity index is 1.43. The normalized spacial score (nSPS) is 21.3. The zero-order chi connectivity index (χ0) is 19.2. The van der Waals surface area contributed by atoms with Crippen LogP contribution in [-0.4, -0.2) is 49.7 Å². The maximum absolute atomic E-state index is 12.9. The van der Waals surface area contributed by atoms with Crippen LogP contribution in [0.3, 0.4) is 0 Å². The number of thiophene rings is 2. The summed E-state index contributed by atoms with van der Waals surface area (Å²) in [5.74, 6) is 0.721. The van der Waals surface area contributed by atoms with Crippen LogP contribution in [0, 0.1) is 5.92 Å². The number of fused-ring (bicyclic) bond motifs is 1. The Kier molecular flexibility index (Phi) is 5.50. The lowest BCUT2D eigenvalue weighted by Gasteiger charge is -2.33. The molecule has 3 heterocycles. The van der Waals surface area contributed by atoms with Crippen LogP contribution >= 0.6 is 38.6 Å². The largest absolute Gasteiger partial charge is 0.335 e. The molecule has 2 aliphatic rings. The van der Waals surface area contributed by atoms with Crippen molar-refractivity contribution >= 4 is 54.5 Å². The van der Waals surface area contributed by atoms with Gasteiger partial charge in [-0.05, 0) is 64.9 Å². The molecule has 0 saturated carbocycles. The summed E-state index contributed by atoms with van der Waals surface area (Å²) in [4.78, 5) is 16.8. The SMILES string of the molecule is CC1CCc2sc(C(=O)N3CCN(S(=O)(=O)c4ccc(Br)s4)CC3)cc2C1. The molecule has 1 saturated heterocycles. The molecular formula is C18H21BrN2O3S3. The standard InChI is InChI=1S/C18H21BrN2O3S3/c1-12-2-3-14-13(10-12)11-15(25-14)18(22)20-6-8-21(9-7-20)27(23,24)17-5-4-16(19)26-17/h4-5,11-12H,2-3,6-10H2,1H3. The van der Waals surface area contributed by atoms with Crippen molar-refractivity contribution in [2.75, 3.05) is 26.2 Å². The molecule has 2 aromatic heterocycles. The summed E-state index contributed by atoms with van der Waals surface area (Å²) in [7, 11) is -3.48. The van der Waals surface area contributed by atoms with Crippen LogP contribution in [0.4, 0.5) is 0 Å². The first-order chi connectivity index (χ1) is 12.8. The Hall–Kier alpha value is -0.740. The number of hydrogen-bond donors (Lipinski definition) is 0. The van der Waals surface area contributed by atoms with Crippen molar-refractivity contribution in [2.24, 2.45) is 5.92 Å². The van der Waals surface area contributed by atoms with E-state index in [1.807, 2.05) is 0 Å². The minimum Gasteiger partial charge on any atom is -0.335 e. The zero-order valence-corrected chi connectivity index (χ0v) is 19.0. The van der Waals surface area contributed by atoms with E-state index in [0.29, 0.717) is 36.3 Å². The molecule has 0 aromatic carbocycles. The number of rotatable bonds is 3. The molecule has 2 aromatic rings. The van der Waals surface area contributed by atoms with Crippen LogP contribution in [0.5, 0.6) is 0 Å². The van der Waals surface area contributed by atoms with Crippen LogP contribution in [-0.2, 0) is 22.9 Å². The third-order valence-corrected chi connectivity index (χ3v) is 10.4. The smallest absolute Gasteiger partial charge is 0.264 e. The van der Waals surface area contributed by atoms with Crippen molar-refractivity contribution in [3.63, 3.8) is 0 Å². The summed E-state index contributed by atoms with van der Waals surface area (Å²) in [6, 6.07) is 5.43. The molecule has 1 aliphatic carbocycles. The molecule has 27 heavy (non-hydrogen) atoms. The van der Waals surface area contributed by atoms with E-state index in [2.05, 4.69) is 28.9 Å². The number of aryl methyl sites for hydroxylation is 1. The average Bonchev–Trinajstić information content (AvgIpc) is 3.27. The van der Waals surface area contributed by atoms with Gasteiger partial charge >= 0.3 is 0 Å². The second-order valence-corrected chi connectivity index (χ2v) is 12.9. The van der Waals surface area contributed by atoms with Crippen LogP contribution < -0.4 is 0 Å². The second kappa shape index (κ2) is 7.59. The van der Waals surface area contributed by atoms with Crippen LogP contribution in [0.1, 0.15) is 33.5 Å². The van der Waals surface area contributed by atoms with Crippen LogP contribution in [0.25, 0.3) is 0 Å². The third-order valence-electron chi connectivity index (χ3n) is 5.21. The predicted molar refractivity (Wildman–Crippen MR) is 112 cm³/mol. The molecule has 1 unspecified atom stereocenters. The molecule has 0 N–H and O–H groups in total. The highest BCUT2D eigenvalue weighted by molar-refractivity contribution is 9.11. The Bertz CT molecular complexity index is 958. The molecule has 1 fully saturated rings. The summed E-state index contributed by atoms with van der Waals surface area (Å²) >= 11 is 6.15. The van der Waals surface area contributed by atoms with Gasteiger partial charge in [0.1, 0.15) is 4.21 Å². The lowest BCUT2D eigenvalue weighted by molar-refractivity contribution is 0.0703. The number of sulfonamides is 1. The monoisotopic (exact) mass is 488 g/mol. The van der Waals surface area contributed by atoms with E-state index in [0.717, 1.165) is 21.5 Å². The van der Waals surface area contributed by atoms with Crippen molar-refractivity contribution in [3.8, 4) is 0 Å². The Labute approximate surface area is 176 Å². The minimum absolute atomic E-state index is 0.0398. The van der Waals surface area contributed by atoms with Crippen LogP contribution in [0.2, 0.25) is 0 Å². The molecule has 1 aliphatic heterocycles. The molecule has 9 heteroatoms. The second-order valence-electron chi connectivity index (χ2n) is 7.16. The van der Waals surface area contributed by atoms with Crippen molar-refractivity contribution in [3.05, 3.63) is 37.3 Å². The first-order valence-electron chi connectivity index (χ1n) is 9.01. The highest BCUT2D eigenvalue weighted by Gasteiger charge is 2.32. The molecular weight excluding hydrogens is 468 g/mol. The number of nitrogens with zero attached hydrogens (tertiary/aromatic N) is 2. The highest BCUT2D eigenvalue weighted by atomic mass is 79.9. The maximum atomic E-state index is 12.9. The number of hydrogen-bond acceptors (Lipinski definition) is 5. The summed E-state index contributed by atoms with van der Waals surface area (Å²) in [6.07, 6.45) is 3.31. The molecule has 4 rings (SSSR count). The van der Waals surface area contributed by atoms with Gasteiger partial charge in [0.15, 0.2) is 0 Å². The van der Waals surface area contributed by atoms with E-state index >= 15 is 0 Å². The highest BCUT2D eigenvalue weighted by Crippen LogP contribution is 2.33. The minimum atomic E-state index is -3.48. The van der Waals surface area contributed by atoms with Gasteiger partial charge in [-0.1, -0.05) is 6.92 Å². The van der Waals surface area contributed by atoms with Gasteiger partial charge in [-0.15, -0.1) is 22.7 Å². The summed E-state index contributed by atoms with van der Waals surface area (Å²) in [5, 5.41) is 0. The molecule has 1 atom stereocenters. The molecule has 0 spiro atoms. The molecule has 0 bridgehead atoms. The van der Waals surface area contributed by atoms with Crippen molar-refractivity contribution < 1.29 is 13.2 Å². The fourth-order valence-electron chi connectivity index (χ4n) is 3.66. The zero-order valence-electron chi connectivity index (χ0n) is 15.0. The van der Waals surface area contributed by atoms with Gasteiger partial charge in [0.05, 0.1) is 8.66 Å². The Morgan fingerprint density at radius 2 is 1.93 bits per heavy atom. The quantitative estimate of drug-likeness (QED) is 0.659. The summed E-state index contributed by atoms with van der Waals surface area (Å²) < 4.78 is 28.1. The van der Waals surface area contributed by atoms with Crippen LogP contribution in [0.15, 0.2) is 26.2 Å². The number of piperazine rings is 1. The molecule has 146 valence electrons. The van der Waals surface area contributed by atoms with Crippen molar-refractivity contribution in [1.29, 1.82) is 0 Å². The van der Waals surface area contributed by atoms with E-state index in [9.17, 15) is 13.2 Å². The lowest BCUT2D eigenvalue weighted by atomic mass is 9.90. The van der Waals surface area contributed by atoms with Gasteiger partial charge in [-0.3, -0.25) is 4.79 Å². The summed E-state index contributed by atoms with van der Waals surface area (Å²) in [6.45, 7) is 3.80. The first-order valence-corrected chi connectivity index (χ1v) is 12.9. The number of halogens is 1. The average molecular weight is 489 g/mol. The number of carbonyl (C=O) groups is 1. The molecule has 5 nitrogen and oxygen atoms in total. The third kappa shape index (κ3) is 3.89. The Morgan fingerprint density at radius 3 is 2.59 bits per heavy atom. The maximum Gasteiger partial charge on any atom is 0.264 e. The molecule has 1 amide bonds. The van der Waals surface area contributed by atoms with Gasteiger partial charge in [-0.2, -0.15) is 4.31 Å². The summed E-state index contributed by atoms with van der Waals surface area (Å²) in [5.41, 5.74) is 1.33. The fourth-order valence-corrected chi connectivity index (χ4v) is 8.42. The van der Waals surface area contributed by atoms with Gasteiger partial charge in [-0.25, -0.2) is 8.42 Å². The fraction of sp³-hybridized carbons (Fsp3) is 0.500. The Morgan fingerprint density at radius 1 is 1.19 bits per heavy atom. The van der Waals surface area contributed by atoms with E-state index in [-0.39, 0.29) is 5.91 Å². The first kappa shape index (κ1) is 19.6. The van der Waals surface area contributed by atoms with Crippen molar-refractivity contribution in [2.45, 2.75) is 30.4 Å². The van der Waals surface area contributed by atoms with E-state index in [1.54, 1.807) is 28.4 Å². The topological polar surface area (TPSA) is 57.7 Å².